The van der Waals surface area contributed by atoms with E-state index in [-0.39, 0.29) is 5.75 Å². The quantitative estimate of drug-likeness (QED) is 0.916. The van der Waals surface area contributed by atoms with Gasteiger partial charge in [-0.1, -0.05) is 12.1 Å². The number of hydrogen-bond donors (Lipinski definition) is 1. The van der Waals surface area contributed by atoms with E-state index in [0.29, 0.717) is 5.25 Å². The highest BCUT2D eigenvalue weighted by molar-refractivity contribution is 7.99. The Labute approximate surface area is 114 Å². The molecule has 1 N–H and O–H groups in total. The van der Waals surface area contributed by atoms with Gasteiger partial charge in [-0.2, -0.15) is 11.8 Å². The number of hydrogen-bond acceptors (Lipinski definition) is 3. The summed E-state index contributed by atoms with van der Waals surface area (Å²) in [5.74, 6) is 0.667. The van der Waals surface area contributed by atoms with Crippen molar-refractivity contribution in [2.75, 3.05) is 13.1 Å². The van der Waals surface area contributed by atoms with Crippen molar-refractivity contribution in [1.29, 1.82) is 0 Å². The van der Waals surface area contributed by atoms with Crippen LogP contribution in [-0.4, -0.2) is 24.7 Å². The van der Waals surface area contributed by atoms with Crippen LogP contribution in [0, 0.1) is 0 Å². The van der Waals surface area contributed by atoms with E-state index in [2.05, 4.69) is 10.1 Å². The molecular formula is C13H16F3NOS. The van der Waals surface area contributed by atoms with Crippen LogP contribution in [0.4, 0.5) is 13.2 Å². The van der Waals surface area contributed by atoms with Gasteiger partial charge in [0.2, 0.25) is 0 Å². The van der Waals surface area contributed by atoms with Crippen molar-refractivity contribution in [3.05, 3.63) is 29.8 Å². The highest BCUT2D eigenvalue weighted by atomic mass is 32.2. The molecule has 0 aromatic heterocycles. The Morgan fingerprint density at radius 1 is 1.16 bits per heavy atom. The predicted molar refractivity (Wildman–Crippen MR) is 70.3 cm³/mol. The minimum Gasteiger partial charge on any atom is -0.406 e. The Morgan fingerprint density at radius 3 is 2.37 bits per heavy atom. The molecule has 0 aliphatic carbocycles. The molecule has 106 valence electrons. The van der Waals surface area contributed by atoms with E-state index < -0.39 is 6.36 Å². The second kappa shape index (κ2) is 6.52. The van der Waals surface area contributed by atoms with Crippen molar-refractivity contribution in [2.24, 2.45) is 0 Å². The molecule has 0 amide bonds. The molecule has 19 heavy (non-hydrogen) atoms. The largest absolute Gasteiger partial charge is 0.573 e. The number of benzene rings is 1. The number of thioether (sulfide) groups is 1. The molecule has 1 heterocycles. The maximum Gasteiger partial charge on any atom is 0.573 e. The third-order valence-corrected chi connectivity index (χ3v) is 4.37. The summed E-state index contributed by atoms with van der Waals surface area (Å²) >= 11 is 1.87. The molecule has 1 aliphatic rings. The standard InChI is InChI=1S/C13H16F3NOS/c14-13(15,16)18-11-3-1-10(2-4-11)9-19-12-5-7-17-8-6-12/h1-4,12,17H,5-9H2. The summed E-state index contributed by atoms with van der Waals surface area (Å²) in [6.45, 7) is 2.10. The highest BCUT2D eigenvalue weighted by Crippen LogP contribution is 2.27. The lowest BCUT2D eigenvalue weighted by Crippen LogP contribution is -2.29. The molecule has 1 aromatic rings. The van der Waals surface area contributed by atoms with Gasteiger partial charge in [0.25, 0.3) is 0 Å². The smallest absolute Gasteiger partial charge is 0.406 e. The summed E-state index contributed by atoms with van der Waals surface area (Å²) in [6.07, 6.45) is -2.31. The third kappa shape index (κ3) is 5.32. The molecule has 0 spiro atoms. The average Bonchev–Trinajstić information content (AvgIpc) is 2.37. The van der Waals surface area contributed by atoms with Crippen molar-refractivity contribution in [1.82, 2.24) is 5.32 Å². The number of rotatable bonds is 4. The normalized spacial score (nSPS) is 17.4. The lowest BCUT2D eigenvalue weighted by Gasteiger charge is -2.22. The second-order valence-electron chi connectivity index (χ2n) is 4.45. The minimum atomic E-state index is -4.62. The lowest BCUT2D eigenvalue weighted by molar-refractivity contribution is -0.274. The molecular weight excluding hydrogens is 275 g/mol. The van der Waals surface area contributed by atoms with E-state index in [1.165, 1.54) is 12.1 Å². The maximum absolute atomic E-state index is 12.0. The summed E-state index contributed by atoms with van der Waals surface area (Å²) < 4.78 is 39.8. The summed E-state index contributed by atoms with van der Waals surface area (Å²) in [5, 5.41) is 3.95. The van der Waals surface area contributed by atoms with E-state index in [0.717, 1.165) is 37.2 Å². The fourth-order valence-electron chi connectivity index (χ4n) is 1.96. The first-order valence-corrected chi connectivity index (χ1v) is 7.25. The summed E-state index contributed by atoms with van der Waals surface area (Å²) in [4.78, 5) is 0. The first-order valence-electron chi connectivity index (χ1n) is 6.20. The molecule has 6 heteroatoms. The lowest BCUT2D eigenvalue weighted by atomic mass is 10.2. The molecule has 0 atom stereocenters. The zero-order chi connectivity index (χ0) is 13.7. The van der Waals surface area contributed by atoms with Crippen molar-refractivity contribution in [3.63, 3.8) is 0 Å². The van der Waals surface area contributed by atoms with Crippen molar-refractivity contribution < 1.29 is 17.9 Å². The fourth-order valence-corrected chi connectivity index (χ4v) is 3.15. The molecule has 2 nitrogen and oxygen atoms in total. The molecule has 1 aromatic carbocycles. The maximum atomic E-state index is 12.0. The van der Waals surface area contributed by atoms with Crippen LogP contribution in [0.25, 0.3) is 0 Å². The third-order valence-electron chi connectivity index (χ3n) is 2.93. The Balaban J connectivity index is 1.81. The number of halogens is 3. The van der Waals surface area contributed by atoms with Crippen LogP contribution in [-0.2, 0) is 5.75 Å². The fraction of sp³-hybridized carbons (Fsp3) is 0.538. The molecule has 0 bridgehead atoms. The summed E-state index contributed by atoms with van der Waals surface area (Å²) in [7, 11) is 0. The van der Waals surface area contributed by atoms with E-state index in [1.54, 1.807) is 12.1 Å². The first kappa shape index (κ1) is 14.5. The molecule has 1 saturated heterocycles. The van der Waals surface area contributed by atoms with Gasteiger partial charge in [-0.05, 0) is 43.6 Å². The van der Waals surface area contributed by atoms with E-state index in [9.17, 15) is 13.2 Å². The van der Waals surface area contributed by atoms with Gasteiger partial charge in [-0.3, -0.25) is 0 Å². The van der Waals surface area contributed by atoms with Gasteiger partial charge < -0.3 is 10.1 Å². The SMILES string of the molecule is FC(F)(F)Oc1ccc(CSC2CCNCC2)cc1. The van der Waals surface area contributed by atoms with Gasteiger partial charge >= 0.3 is 6.36 Å². The molecule has 0 radical (unpaired) electrons. The molecule has 0 unspecified atom stereocenters. The van der Waals surface area contributed by atoms with Crippen molar-refractivity contribution in [2.45, 2.75) is 30.2 Å². The average molecular weight is 291 g/mol. The van der Waals surface area contributed by atoms with Crippen LogP contribution >= 0.6 is 11.8 Å². The van der Waals surface area contributed by atoms with E-state index in [1.807, 2.05) is 11.8 Å². The van der Waals surface area contributed by atoms with Crippen molar-refractivity contribution >= 4 is 11.8 Å². The highest BCUT2D eigenvalue weighted by Gasteiger charge is 2.30. The summed E-state index contributed by atoms with van der Waals surface area (Å²) in [6, 6.07) is 6.11. The number of ether oxygens (including phenoxy) is 1. The molecule has 2 rings (SSSR count). The monoisotopic (exact) mass is 291 g/mol. The van der Waals surface area contributed by atoms with Gasteiger partial charge in [0.15, 0.2) is 0 Å². The Hall–Kier alpha value is -0.880. The molecule has 0 saturated carbocycles. The van der Waals surface area contributed by atoms with Crippen LogP contribution in [0.5, 0.6) is 5.75 Å². The Bertz CT molecular complexity index is 388. The van der Waals surface area contributed by atoms with Crippen molar-refractivity contribution in [3.8, 4) is 5.75 Å². The van der Waals surface area contributed by atoms with Crippen LogP contribution in [0.15, 0.2) is 24.3 Å². The Morgan fingerprint density at radius 2 is 1.79 bits per heavy atom. The first-order chi connectivity index (χ1) is 9.03. The van der Waals surface area contributed by atoms with E-state index in [4.69, 9.17) is 0 Å². The predicted octanol–water partition coefficient (Wildman–Crippen LogP) is 3.57. The summed E-state index contributed by atoms with van der Waals surface area (Å²) in [5.41, 5.74) is 1.03. The van der Waals surface area contributed by atoms with Gasteiger partial charge in [0.05, 0.1) is 0 Å². The van der Waals surface area contributed by atoms with Crippen LogP contribution in [0.2, 0.25) is 0 Å². The molecule has 1 fully saturated rings. The Kier molecular flexibility index (Phi) is 4.99. The molecule has 1 aliphatic heterocycles. The number of alkyl halides is 3. The topological polar surface area (TPSA) is 21.3 Å². The van der Waals surface area contributed by atoms with Gasteiger partial charge in [0.1, 0.15) is 5.75 Å². The van der Waals surface area contributed by atoms with Gasteiger partial charge in [-0.25, -0.2) is 0 Å². The van der Waals surface area contributed by atoms with Crippen LogP contribution in [0.3, 0.4) is 0 Å². The number of nitrogens with one attached hydrogen (secondary N) is 1. The number of piperidine rings is 1. The second-order valence-corrected chi connectivity index (χ2v) is 5.74. The van der Waals surface area contributed by atoms with Gasteiger partial charge in [0, 0.05) is 11.0 Å². The van der Waals surface area contributed by atoms with Crippen LogP contribution in [0.1, 0.15) is 18.4 Å². The zero-order valence-electron chi connectivity index (χ0n) is 10.4. The zero-order valence-corrected chi connectivity index (χ0v) is 11.2. The minimum absolute atomic E-state index is 0.164. The van der Waals surface area contributed by atoms with Crippen LogP contribution < -0.4 is 10.1 Å². The van der Waals surface area contributed by atoms with E-state index >= 15 is 0 Å². The van der Waals surface area contributed by atoms with Gasteiger partial charge in [-0.15, -0.1) is 13.2 Å².